The zero-order chi connectivity index (χ0) is 20.2. The van der Waals surface area contributed by atoms with E-state index in [9.17, 15) is 18.0 Å². The predicted molar refractivity (Wildman–Crippen MR) is 102 cm³/mol. The van der Waals surface area contributed by atoms with Crippen LogP contribution in [0.3, 0.4) is 0 Å². The maximum absolute atomic E-state index is 12.8. The standard InChI is InChI=1S/C19H28N2O5S/c1-13(2)20-18(22)15(4)26-19(23)17-12-16(9-8-14(17)3)27(24,25)21-10-6-5-7-11-21/h8-9,12-13,15H,5-7,10-11H2,1-4H3,(H,20,22). The van der Waals surface area contributed by atoms with Gasteiger partial charge in [0.15, 0.2) is 6.10 Å². The average Bonchev–Trinajstić information content (AvgIpc) is 2.61. The number of hydrogen-bond donors (Lipinski definition) is 1. The van der Waals surface area contributed by atoms with Gasteiger partial charge in [0.25, 0.3) is 5.91 Å². The predicted octanol–water partition coefficient (Wildman–Crippen LogP) is 2.24. The van der Waals surface area contributed by atoms with Crippen molar-refractivity contribution in [3.63, 3.8) is 0 Å². The highest BCUT2D eigenvalue weighted by Crippen LogP contribution is 2.23. The molecule has 27 heavy (non-hydrogen) atoms. The van der Waals surface area contributed by atoms with Crippen LogP contribution < -0.4 is 5.32 Å². The van der Waals surface area contributed by atoms with Crippen molar-refractivity contribution in [2.45, 2.75) is 64.0 Å². The van der Waals surface area contributed by atoms with Crippen LogP contribution in [0.4, 0.5) is 0 Å². The number of nitrogens with one attached hydrogen (secondary N) is 1. The summed E-state index contributed by atoms with van der Waals surface area (Å²) in [5.74, 6) is -1.11. The molecule has 1 fully saturated rings. The number of benzene rings is 1. The molecule has 1 unspecified atom stereocenters. The summed E-state index contributed by atoms with van der Waals surface area (Å²) in [6, 6.07) is 4.37. The zero-order valence-electron chi connectivity index (χ0n) is 16.3. The summed E-state index contributed by atoms with van der Waals surface area (Å²) in [5.41, 5.74) is 0.742. The molecule has 1 amide bonds. The number of piperidine rings is 1. The van der Waals surface area contributed by atoms with E-state index in [0.717, 1.165) is 19.3 Å². The van der Waals surface area contributed by atoms with Crippen LogP contribution in [0.2, 0.25) is 0 Å². The van der Waals surface area contributed by atoms with Crippen LogP contribution in [-0.4, -0.2) is 49.8 Å². The molecule has 1 N–H and O–H groups in total. The minimum atomic E-state index is -3.65. The van der Waals surface area contributed by atoms with Gasteiger partial charge in [-0.25, -0.2) is 13.2 Å². The number of amides is 1. The van der Waals surface area contributed by atoms with E-state index in [1.807, 2.05) is 13.8 Å². The molecular weight excluding hydrogens is 368 g/mol. The second-order valence-corrected chi connectivity index (χ2v) is 9.09. The molecule has 0 spiro atoms. The first kappa shape index (κ1) is 21.4. The number of hydrogen-bond acceptors (Lipinski definition) is 5. The zero-order valence-corrected chi connectivity index (χ0v) is 17.1. The molecule has 8 heteroatoms. The van der Waals surface area contributed by atoms with Crippen LogP contribution in [-0.2, 0) is 19.6 Å². The molecule has 150 valence electrons. The normalized spacial score (nSPS) is 16.8. The lowest BCUT2D eigenvalue weighted by molar-refractivity contribution is -0.129. The number of carbonyl (C=O) groups excluding carboxylic acids is 2. The first-order valence-corrected chi connectivity index (χ1v) is 10.7. The summed E-state index contributed by atoms with van der Waals surface area (Å²) >= 11 is 0. The van der Waals surface area contributed by atoms with Crippen molar-refractivity contribution >= 4 is 21.9 Å². The van der Waals surface area contributed by atoms with Crippen molar-refractivity contribution in [1.82, 2.24) is 9.62 Å². The Kier molecular flexibility index (Phi) is 7.00. The smallest absolute Gasteiger partial charge is 0.339 e. The van der Waals surface area contributed by atoms with Gasteiger partial charge >= 0.3 is 5.97 Å². The van der Waals surface area contributed by atoms with Crippen molar-refractivity contribution in [1.29, 1.82) is 0 Å². The molecule has 1 atom stereocenters. The fourth-order valence-corrected chi connectivity index (χ4v) is 4.46. The van der Waals surface area contributed by atoms with Crippen LogP contribution in [0.25, 0.3) is 0 Å². The monoisotopic (exact) mass is 396 g/mol. The molecule has 0 bridgehead atoms. The van der Waals surface area contributed by atoms with Crippen molar-refractivity contribution in [3.8, 4) is 0 Å². The Balaban J connectivity index is 2.21. The van der Waals surface area contributed by atoms with Gasteiger partial charge < -0.3 is 10.1 Å². The van der Waals surface area contributed by atoms with E-state index >= 15 is 0 Å². The van der Waals surface area contributed by atoms with Gasteiger partial charge in [-0.1, -0.05) is 12.5 Å². The lowest BCUT2D eigenvalue weighted by Crippen LogP contribution is -2.39. The lowest BCUT2D eigenvalue weighted by atomic mass is 10.1. The summed E-state index contributed by atoms with van der Waals surface area (Å²) < 4.78 is 32.4. The summed E-state index contributed by atoms with van der Waals surface area (Å²) in [6.45, 7) is 7.79. The molecule has 0 aliphatic carbocycles. The third-order valence-corrected chi connectivity index (χ3v) is 6.36. The molecule has 1 aliphatic heterocycles. The van der Waals surface area contributed by atoms with E-state index in [-0.39, 0.29) is 16.5 Å². The second-order valence-electron chi connectivity index (χ2n) is 7.15. The number of nitrogens with zero attached hydrogens (tertiary/aromatic N) is 1. The maximum atomic E-state index is 12.8. The summed E-state index contributed by atoms with van der Waals surface area (Å²) in [4.78, 5) is 24.5. The average molecular weight is 397 g/mol. The molecule has 2 rings (SSSR count). The van der Waals surface area contributed by atoms with Crippen molar-refractivity contribution in [3.05, 3.63) is 29.3 Å². The third kappa shape index (κ3) is 5.29. The molecule has 0 aromatic heterocycles. The Morgan fingerprint density at radius 1 is 1.11 bits per heavy atom. The topological polar surface area (TPSA) is 92.8 Å². The molecule has 7 nitrogen and oxygen atoms in total. The van der Waals surface area contributed by atoms with Crippen molar-refractivity contribution in [2.24, 2.45) is 0 Å². The number of rotatable bonds is 6. The molecule has 0 radical (unpaired) electrons. The van der Waals surface area contributed by atoms with E-state index in [1.165, 1.54) is 23.4 Å². The lowest BCUT2D eigenvalue weighted by Gasteiger charge is -2.26. The number of esters is 1. The molecule has 1 heterocycles. The molecule has 1 aliphatic rings. The van der Waals surface area contributed by atoms with Gasteiger partial charge in [-0.3, -0.25) is 4.79 Å². The van der Waals surface area contributed by atoms with Gasteiger partial charge in [0, 0.05) is 19.1 Å². The van der Waals surface area contributed by atoms with Crippen molar-refractivity contribution in [2.75, 3.05) is 13.1 Å². The van der Waals surface area contributed by atoms with Crippen LogP contribution in [0.5, 0.6) is 0 Å². The Bertz CT molecular complexity index is 798. The Hall–Kier alpha value is -1.93. The third-order valence-electron chi connectivity index (χ3n) is 4.47. The van der Waals surface area contributed by atoms with E-state index in [2.05, 4.69) is 5.32 Å². The number of aryl methyl sites for hydroxylation is 1. The van der Waals surface area contributed by atoms with Crippen LogP contribution in [0.15, 0.2) is 23.1 Å². The van der Waals surface area contributed by atoms with E-state index in [0.29, 0.717) is 18.7 Å². The molecule has 1 aromatic carbocycles. The van der Waals surface area contributed by atoms with Gasteiger partial charge in [0.2, 0.25) is 10.0 Å². The number of ether oxygens (including phenoxy) is 1. The highest BCUT2D eigenvalue weighted by molar-refractivity contribution is 7.89. The summed E-state index contributed by atoms with van der Waals surface area (Å²) in [6.07, 6.45) is 1.72. The fourth-order valence-electron chi connectivity index (χ4n) is 2.92. The first-order chi connectivity index (χ1) is 12.6. The fraction of sp³-hybridized carbons (Fsp3) is 0.579. The first-order valence-electron chi connectivity index (χ1n) is 9.25. The molecular formula is C19H28N2O5S. The van der Waals surface area contributed by atoms with Crippen LogP contribution in [0, 0.1) is 6.92 Å². The van der Waals surface area contributed by atoms with E-state index in [1.54, 1.807) is 13.0 Å². The minimum Gasteiger partial charge on any atom is -0.449 e. The second kappa shape index (κ2) is 8.84. The van der Waals surface area contributed by atoms with Crippen LogP contribution >= 0.6 is 0 Å². The number of carbonyl (C=O) groups is 2. The highest BCUT2D eigenvalue weighted by Gasteiger charge is 2.28. The van der Waals surface area contributed by atoms with Crippen LogP contribution in [0.1, 0.15) is 56.0 Å². The molecule has 1 saturated heterocycles. The summed E-state index contributed by atoms with van der Waals surface area (Å²) in [7, 11) is -3.65. The van der Waals surface area contributed by atoms with E-state index < -0.39 is 28.0 Å². The Morgan fingerprint density at radius 3 is 2.33 bits per heavy atom. The van der Waals surface area contributed by atoms with Crippen molar-refractivity contribution < 1.29 is 22.7 Å². The van der Waals surface area contributed by atoms with Gasteiger partial charge in [-0.05, 0) is 58.2 Å². The number of sulfonamides is 1. The Morgan fingerprint density at radius 2 is 1.74 bits per heavy atom. The molecule has 1 aromatic rings. The summed E-state index contributed by atoms with van der Waals surface area (Å²) in [5, 5.41) is 2.67. The largest absolute Gasteiger partial charge is 0.449 e. The Labute approximate surface area is 161 Å². The SMILES string of the molecule is Cc1ccc(S(=O)(=O)N2CCCCC2)cc1C(=O)OC(C)C(=O)NC(C)C. The van der Waals surface area contributed by atoms with Gasteiger partial charge in [0.05, 0.1) is 10.5 Å². The maximum Gasteiger partial charge on any atom is 0.339 e. The highest BCUT2D eigenvalue weighted by atomic mass is 32.2. The van der Waals surface area contributed by atoms with E-state index in [4.69, 9.17) is 4.74 Å². The van der Waals surface area contributed by atoms with Gasteiger partial charge in [-0.15, -0.1) is 0 Å². The van der Waals surface area contributed by atoms with Gasteiger partial charge in [0.1, 0.15) is 0 Å². The van der Waals surface area contributed by atoms with Gasteiger partial charge in [-0.2, -0.15) is 4.31 Å². The molecule has 0 saturated carbocycles. The minimum absolute atomic E-state index is 0.0706. The quantitative estimate of drug-likeness (QED) is 0.745.